The van der Waals surface area contributed by atoms with Crippen molar-refractivity contribution < 1.29 is 19.4 Å². The van der Waals surface area contributed by atoms with Gasteiger partial charge in [0.15, 0.2) is 6.10 Å². The fourth-order valence-corrected chi connectivity index (χ4v) is 2.25. The van der Waals surface area contributed by atoms with Gasteiger partial charge < -0.3 is 14.7 Å². The first kappa shape index (κ1) is 15.3. The molecule has 21 heavy (non-hydrogen) atoms. The molecule has 1 aromatic carbocycles. The van der Waals surface area contributed by atoms with E-state index in [1.807, 2.05) is 24.3 Å². The van der Waals surface area contributed by atoms with E-state index in [0.29, 0.717) is 6.54 Å². The molecule has 1 heterocycles. The normalized spacial score (nSPS) is 18.4. The maximum Gasteiger partial charge on any atom is 0.334 e. The van der Waals surface area contributed by atoms with E-state index < -0.39 is 12.1 Å². The first-order chi connectivity index (χ1) is 10.0. The minimum absolute atomic E-state index is 0.0750. The van der Waals surface area contributed by atoms with E-state index in [9.17, 15) is 9.59 Å². The number of benzene rings is 1. The highest BCUT2D eigenvalue weighted by Crippen LogP contribution is 2.17. The van der Waals surface area contributed by atoms with Gasteiger partial charge in [-0.25, -0.2) is 9.59 Å². The van der Waals surface area contributed by atoms with E-state index in [1.54, 1.807) is 7.05 Å². The number of morpholine rings is 1. The summed E-state index contributed by atoms with van der Waals surface area (Å²) in [5.74, 6) is -1.04. The number of ether oxygens (including phenoxy) is 1. The van der Waals surface area contributed by atoms with E-state index >= 15 is 0 Å². The Morgan fingerprint density at radius 2 is 2.05 bits per heavy atom. The van der Waals surface area contributed by atoms with Crippen LogP contribution in [0.2, 0.25) is 0 Å². The van der Waals surface area contributed by atoms with Gasteiger partial charge in [0.2, 0.25) is 0 Å². The fourth-order valence-electron chi connectivity index (χ4n) is 2.25. The van der Waals surface area contributed by atoms with Crippen LogP contribution >= 0.6 is 0 Å². The fraction of sp³-hybridized carbons (Fsp3) is 0.467. The van der Waals surface area contributed by atoms with Crippen molar-refractivity contribution in [2.75, 3.05) is 31.6 Å². The van der Waals surface area contributed by atoms with E-state index in [0.717, 1.165) is 12.1 Å². The van der Waals surface area contributed by atoms with Crippen LogP contribution in [0, 0.1) is 0 Å². The predicted molar refractivity (Wildman–Crippen MR) is 78.6 cm³/mol. The largest absolute Gasteiger partial charge is 0.479 e. The lowest BCUT2D eigenvalue weighted by Gasteiger charge is -2.33. The van der Waals surface area contributed by atoms with E-state index in [4.69, 9.17) is 9.84 Å². The Labute approximate surface area is 123 Å². The number of carboxylic acids is 1. The second-order valence-corrected chi connectivity index (χ2v) is 5.01. The van der Waals surface area contributed by atoms with Crippen LogP contribution in [-0.2, 0) is 16.0 Å². The van der Waals surface area contributed by atoms with Crippen LogP contribution < -0.4 is 4.90 Å². The molecule has 0 aromatic heterocycles. The number of amides is 2. The second-order valence-electron chi connectivity index (χ2n) is 5.01. The van der Waals surface area contributed by atoms with Gasteiger partial charge in [0.05, 0.1) is 13.2 Å². The molecular weight excluding hydrogens is 272 g/mol. The van der Waals surface area contributed by atoms with Crippen molar-refractivity contribution in [1.82, 2.24) is 4.90 Å². The van der Waals surface area contributed by atoms with Gasteiger partial charge in [-0.15, -0.1) is 0 Å². The molecule has 0 aliphatic carbocycles. The lowest BCUT2D eigenvalue weighted by atomic mass is 10.1. The summed E-state index contributed by atoms with van der Waals surface area (Å²) in [6, 6.07) is 7.54. The van der Waals surface area contributed by atoms with Crippen molar-refractivity contribution >= 4 is 17.7 Å². The lowest BCUT2D eigenvalue weighted by Crippen LogP contribution is -2.52. The molecule has 0 spiro atoms. The minimum atomic E-state index is -1.04. The molecule has 1 aliphatic heterocycles. The van der Waals surface area contributed by atoms with E-state index in [1.165, 1.54) is 15.4 Å². The highest BCUT2D eigenvalue weighted by molar-refractivity contribution is 5.92. The number of hydrogen-bond acceptors (Lipinski definition) is 3. The number of nitrogens with zero attached hydrogens (tertiary/aromatic N) is 2. The summed E-state index contributed by atoms with van der Waals surface area (Å²) in [5, 5.41) is 8.97. The molecule has 1 atom stereocenters. The number of rotatable bonds is 3. The average Bonchev–Trinajstić information content (AvgIpc) is 2.53. The SMILES string of the molecule is CCc1ccc(N(C)C(=O)N2CCOC(C(=O)O)C2)cc1. The van der Waals surface area contributed by atoms with Crippen molar-refractivity contribution in [3.8, 4) is 0 Å². The maximum atomic E-state index is 12.4. The first-order valence-electron chi connectivity index (χ1n) is 6.99. The molecule has 2 amide bonds. The van der Waals surface area contributed by atoms with E-state index in [2.05, 4.69) is 6.92 Å². The van der Waals surface area contributed by atoms with Crippen LogP contribution in [0.1, 0.15) is 12.5 Å². The van der Waals surface area contributed by atoms with Gasteiger partial charge in [0, 0.05) is 19.3 Å². The average molecular weight is 292 g/mol. The van der Waals surface area contributed by atoms with Crippen molar-refractivity contribution in [1.29, 1.82) is 0 Å². The van der Waals surface area contributed by atoms with Gasteiger partial charge in [0.25, 0.3) is 0 Å². The monoisotopic (exact) mass is 292 g/mol. The molecule has 1 N–H and O–H groups in total. The topological polar surface area (TPSA) is 70.1 Å². The zero-order chi connectivity index (χ0) is 15.4. The van der Waals surface area contributed by atoms with Crippen molar-refractivity contribution in [2.24, 2.45) is 0 Å². The van der Waals surface area contributed by atoms with Gasteiger partial charge in [-0.1, -0.05) is 19.1 Å². The minimum Gasteiger partial charge on any atom is -0.479 e. The van der Waals surface area contributed by atoms with Crippen LogP contribution in [0.15, 0.2) is 24.3 Å². The zero-order valence-electron chi connectivity index (χ0n) is 12.3. The number of urea groups is 1. The molecule has 0 radical (unpaired) electrons. The van der Waals surface area contributed by atoms with Gasteiger partial charge in [-0.3, -0.25) is 4.90 Å². The van der Waals surface area contributed by atoms with Gasteiger partial charge >= 0.3 is 12.0 Å². The van der Waals surface area contributed by atoms with Crippen molar-refractivity contribution in [3.63, 3.8) is 0 Å². The number of carbonyl (C=O) groups is 2. The molecule has 1 saturated heterocycles. The smallest absolute Gasteiger partial charge is 0.334 e. The number of hydrogen-bond donors (Lipinski definition) is 1. The summed E-state index contributed by atoms with van der Waals surface area (Å²) in [6.07, 6.45) is 0.000356. The van der Waals surface area contributed by atoms with Crippen LogP contribution in [0.5, 0.6) is 0 Å². The third-order valence-corrected chi connectivity index (χ3v) is 3.63. The quantitative estimate of drug-likeness (QED) is 0.918. The van der Waals surface area contributed by atoms with Gasteiger partial charge in [0.1, 0.15) is 0 Å². The van der Waals surface area contributed by atoms with Gasteiger partial charge in [-0.05, 0) is 24.1 Å². The molecular formula is C15H20N2O4. The predicted octanol–water partition coefficient (Wildman–Crippen LogP) is 1.59. The van der Waals surface area contributed by atoms with Crippen LogP contribution in [0.4, 0.5) is 10.5 Å². The molecule has 114 valence electrons. The highest BCUT2D eigenvalue weighted by atomic mass is 16.5. The Morgan fingerprint density at radius 1 is 1.38 bits per heavy atom. The third-order valence-electron chi connectivity index (χ3n) is 3.63. The van der Waals surface area contributed by atoms with Crippen molar-refractivity contribution in [3.05, 3.63) is 29.8 Å². The third kappa shape index (κ3) is 3.52. The Morgan fingerprint density at radius 3 is 2.62 bits per heavy atom. The number of carboxylic acid groups (broad SMARTS) is 1. The Kier molecular flexibility index (Phi) is 4.80. The van der Waals surface area contributed by atoms with E-state index in [-0.39, 0.29) is 19.2 Å². The second kappa shape index (κ2) is 6.58. The summed E-state index contributed by atoms with van der Waals surface area (Å²) < 4.78 is 5.12. The lowest BCUT2D eigenvalue weighted by molar-refractivity contribution is -0.154. The molecule has 2 rings (SSSR count). The number of carbonyl (C=O) groups excluding carboxylic acids is 1. The first-order valence-corrected chi connectivity index (χ1v) is 6.99. The summed E-state index contributed by atoms with van der Waals surface area (Å²) in [4.78, 5) is 26.4. The Bertz CT molecular complexity index is 515. The highest BCUT2D eigenvalue weighted by Gasteiger charge is 2.30. The molecule has 0 saturated carbocycles. The summed E-state index contributed by atoms with van der Waals surface area (Å²) in [7, 11) is 1.69. The molecule has 6 heteroatoms. The number of anilines is 1. The Balaban J connectivity index is 2.05. The summed E-state index contributed by atoms with van der Waals surface area (Å²) in [6.45, 7) is 2.79. The molecule has 6 nitrogen and oxygen atoms in total. The molecule has 0 bridgehead atoms. The molecule has 1 unspecified atom stereocenters. The van der Waals surface area contributed by atoms with Crippen LogP contribution in [-0.4, -0.2) is 54.9 Å². The zero-order valence-corrected chi connectivity index (χ0v) is 12.3. The summed E-state index contributed by atoms with van der Waals surface area (Å²) in [5.41, 5.74) is 1.99. The molecule has 1 fully saturated rings. The number of aryl methyl sites for hydroxylation is 1. The molecule has 1 aliphatic rings. The molecule has 1 aromatic rings. The van der Waals surface area contributed by atoms with Gasteiger partial charge in [-0.2, -0.15) is 0 Å². The van der Waals surface area contributed by atoms with Crippen LogP contribution in [0.3, 0.4) is 0 Å². The van der Waals surface area contributed by atoms with Crippen molar-refractivity contribution in [2.45, 2.75) is 19.4 Å². The maximum absolute atomic E-state index is 12.4. The Hall–Kier alpha value is -2.08. The summed E-state index contributed by atoms with van der Waals surface area (Å²) >= 11 is 0. The number of aliphatic carboxylic acids is 1. The van der Waals surface area contributed by atoms with Crippen LogP contribution in [0.25, 0.3) is 0 Å². The standard InChI is InChI=1S/C15H20N2O4/c1-3-11-4-6-12(7-5-11)16(2)15(20)17-8-9-21-13(10-17)14(18)19/h4-7,13H,3,8-10H2,1-2H3,(H,18,19).